The maximum atomic E-state index is 11.7. The first kappa shape index (κ1) is 19.2. The van der Waals surface area contributed by atoms with E-state index in [1.54, 1.807) is 31.2 Å². The molecule has 0 spiro atoms. The van der Waals surface area contributed by atoms with E-state index in [0.29, 0.717) is 29.5 Å². The molecule has 1 aromatic heterocycles. The number of aryl methyl sites for hydroxylation is 1. The number of hydrogen-bond acceptors (Lipinski definition) is 7. The number of benzene rings is 2. The van der Waals surface area contributed by atoms with Crippen molar-refractivity contribution in [2.24, 2.45) is 0 Å². The third-order valence-electron chi connectivity index (χ3n) is 4.19. The molecule has 28 heavy (non-hydrogen) atoms. The zero-order valence-electron chi connectivity index (χ0n) is 15.9. The lowest BCUT2D eigenvalue weighted by atomic mass is 10.1. The highest BCUT2D eigenvalue weighted by atomic mass is 16.5. The molecule has 0 unspecified atom stereocenters. The van der Waals surface area contributed by atoms with Crippen LogP contribution in [0.15, 0.2) is 54.9 Å². The number of rotatable bonds is 7. The minimum Gasteiger partial charge on any atom is -0.462 e. The van der Waals surface area contributed by atoms with Crippen molar-refractivity contribution in [3.05, 3.63) is 66.0 Å². The Morgan fingerprint density at radius 2 is 1.68 bits per heavy atom. The van der Waals surface area contributed by atoms with Crippen molar-refractivity contribution in [3.63, 3.8) is 0 Å². The molecule has 0 fully saturated rings. The average molecular weight is 377 g/mol. The number of hydrogen-bond donors (Lipinski definition) is 3. The molecule has 0 aliphatic carbocycles. The topological polar surface area (TPSA) is 102 Å². The first-order valence-corrected chi connectivity index (χ1v) is 9.12. The Morgan fingerprint density at radius 1 is 1.00 bits per heavy atom. The monoisotopic (exact) mass is 377 g/mol. The number of nitrogens with two attached hydrogens (primary N) is 1. The van der Waals surface area contributed by atoms with E-state index >= 15 is 0 Å². The van der Waals surface area contributed by atoms with Crippen molar-refractivity contribution in [3.8, 4) is 0 Å². The van der Waals surface area contributed by atoms with E-state index in [0.717, 1.165) is 17.8 Å². The number of nitrogens with zero attached hydrogens (tertiary/aromatic N) is 2. The lowest BCUT2D eigenvalue weighted by Gasteiger charge is -2.14. The summed E-state index contributed by atoms with van der Waals surface area (Å²) in [6.07, 6.45) is 2.34. The van der Waals surface area contributed by atoms with Gasteiger partial charge in [-0.25, -0.2) is 14.8 Å². The van der Waals surface area contributed by atoms with Crippen LogP contribution in [0.3, 0.4) is 0 Å². The van der Waals surface area contributed by atoms with Gasteiger partial charge >= 0.3 is 5.97 Å². The summed E-state index contributed by atoms with van der Waals surface area (Å²) < 4.78 is 4.99. The van der Waals surface area contributed by atoms with Gasteiger partial charge in [0.05, 0.1) is 12.2 Å². The summed E-state index contributed by atoms with van der Waals surface area (Å²) in [5, 5.41) is 6.44. The number of carbonyl (C=O) groups is 1. The van der Waals surface area contributed by atoms with E-state index in [9.17, 15) is 4.79 Å². The molecular weight excluding hydrogens is 354 g/mol. The summed E-state index contributed by atoms with van der Waals surface area (Å²) in [6.45, 7) is 4.21. The van der Waals surface area contributed by atoms with Gasteiger partial charge < -0.3 is 21.1 Å². The van der Waals surface area contributed by atoms with Crippen molar-refractivity contribution in [2.75, 3.05) is 23.0 Å². The summed E-state index contributed by atoms with van der Waals surface area (Å²) in [5.74, 6) is 0.661. The maximum Gasteiger partial charge on any atom is 0.338 e. The molecule has 4 N–H and O–H groups in total. The predicted molar refractivity (Wildman–Crippen MR) is 111 cm³/mol. The second kappa shape index (κ2) is 8.85. The van der Waals surface area contributed by atoms with E-state index in [1.807, 2.05) is 18.2 Å². The fourth-order valence-corrected chi connectivity index (χ4v) is 2.71. The Hall–Kier alpha value is -3.61. The summed E-state index contributed by atoms with van der Waals surface area (Å²) in [7, 11) is 0. The normalized spacial score (nSPS) is 10.4. The van der Waals surface area contributed by atoms with Crippen molar-refractivity contribution < 1.29 is 9.53 Å². The van der Waals surface area contributed by atoms with Gasteiger partial charge in [-0.15, -0.1) is 0 Å². The fourth-order valence-electron chi connectivity index (χ4n) is 2.71. The molecule has 0 amide bonds. The molecule has 3 aromatic rings. The number of ether oxygens (including phenoxy) is 1. The molecule has 0 radical (unpaired) electrons. The molecule has 0 saturated heterocycles. The third kappa shape index (κ3) is 4.37. The van der Waals surface area contributed by atoms with Crippen LogP contribution < -0.4 is 16.4 Å². The molecule has 0 aliphatic rings. The van der Waals surface area contributed by atoms with Gasteiger partial charge in [0.25, 0.3) is 0 Å². The standard InChI is InChI=1S/C21H23N5O2/c1-3-14-7-5-6-8-17(14)26-20-18(22)19(23-13-24-20)25-16-11-9-15(10-12-16)21(27)28-4-2/h5-13H,3-4,22H2,1-2H3,(H2,23,24,25,26). The number of nitrogens with one attached hydrogen (secondary N) is 2. The number of carbonyl (C=O) groups excluding carboxylic acids is 1. The SMILES string of the molecule is CCOC(=O)c1ccc(Nc2ncnc(Nc3ccccc3CC)c2N)cc1. The van der Waals surface area contributed by atoms with E-state index in [1.165, 1.54) is 11.9 Å². The Kier molecular flexibility index (Phi) is 6.06. The summed E-state index contributed by atoms with van der Waals surface area (Å²) in [5.41, 5.74) is 10.0. The Balaban J connectivity index is 1.78. The quantitative estimate of drug-likeness (QED) is 0.528. The zero-order chi connectivity index (χ0) is 19.9. The van der Waals surface area contributed by atoms with Gasteiger partial charge in [-0.05, 0) is 49.2 Å². The van der Waals surface area contributed by atoms with Crippen LogP contribution in [0, 0.1) is 0 Å². The molecule has 7 heteroatoms. The van der Waals surface area contributed by atoms with Crippen LogP contribution in [0.2, 0.25) is 0 Å². The first-order chi connectivity index (χ1) is 13.6. The van der Waals surface area contributed by atoms with Gasteiger partial charge in [-0.3, -0.25) is 0 Å². The van der Waals surface area contributed by atoms with Crippen molar-refractivity contribution >= 4 is 34.7 Å². The van der Waals surface area contributed by atoms with E-state index in [4.69, 9.17) is 10.5 Å². The number of aromatic nitrogens is 2. The molecule has 0 aliphatic heterocycles. The average Bonchev–Trinajstić information content (AvgIpc) is 2.72. The molecule has 0 saturated carbocycles. The first-order valence-electron chi connectivity index (χ1n) is 9.12. The maximum absolute atomic E-state index is 11.7. The summed E-state index contributed by atoms with van der Waals surface area (Å²) in [6, 6.07) is 14.9. The molecular formula is C21H23N5O2. The fraction of sp³-hybridized carbons (Fsp3) is 0.190. The van der Waals surface area contributed by atoms with Crippen molar-refractivity contribution in [1.29, 1.82) is 0 Å². The van der Waals surface area contributed by atoms with Gasteiger partial charge in [0, 0.05) is 11.4 Å². The Bertz CT molecular complexity index is 957. The largest absolute Gasteiger partial charge is 0.462 e. The van der Waals surface area contributed by atoms with Crippen LogP contribution in [0.1, 0.15) is 29.8 Å². The molecule has 2 aromatic carbocycles. The van der Waals surface area contributed by atoms with Gasteiger partial charge in [0.15, 0.2) is 11.6 Å². The molecule has 3 rings (SSSR count). The highest BCUT2D eigenvalue weighted by Gasteiger charge is 2.11. The van der Waals surface area contributed by atoms with Gasteiger partial charge in [0.2, 0.25) is 0 Å². The highest BCUT2D eigenvalue weighted by Crippen LogP contribution is 2.29. The molecule has 0 atom stereocenters. The van der Waals surface area contributed by atoms with Crippen LogP contribution in [0.25, 0.3) is 0 Å². The van der Waals surface area contributed by atoms with Crippen LogP contribution in [0.5, 0.6) is 0 Å². The van der Waals surface area contributed by atoms with Crippen molar-refractivity contribution in [2.45, 2.75) is 20.3 Å². The molecule has 0 bridgehead atoms. The minimum atomic E-state index is -0.350. The lowest BCUT2D eigenvalue weighted by molar-refractivity contribution is 0.0526. The second-order valence-corrected chi connectivity index (χ2v) is 6.04. The smallest absolute Gasteiger partial charge is 0.338 e. The zero-order valence-corrected chi connectivity index (χ0v) is 15.9. The molecule has 7 nitrogen and oxygen atoms in total. The number of nitrogen functional groups attached to an aromatic ring is 1. The van der Waals surface area contributed by atoms with Gasteiger partial charge in [0.1, 0.15) is 12.0 Å². The van der Waals surface area contributed by atoms with Crippen molar-refractivity contribution in [1.82, 2.24) is 9.97 Å². The Labute approximate surface area is 164 Å². The molecule has 1 heterocycles. The number of anilines is 5. The van der Waals surface area contributed by atoms with E-state index < -0.39 is 0 Å². The van der Waals surface area contributed by atoms with E-state index in [2.05, 4.69) is 33.6 Å². The van der Waals surface area contributed by atoms with Gasteiger partial charge in [-0.2, -0.15) is 0 Å². The molecule has 144 valence electrons. The summed E-state index contributed by atoms with van der Waals surface area (Å²) in [4.78, 5) is 20.2. The van der Waals surface area contributed by atoms with Crippen LogP contribution in [0.4, 0.5) is 28.7 Å². The van der Waals surface area contributed by atoms with Crippen LogP contribution in [-0.4, -0.2) is 22.5 Å². The van der Waals surface area contributed by atoms with E-state index in [-0.39, 0.29) is 5.97 Å². The number of esters is 1. The minimum absolute atomic E-state index is 0.341. The summed E-state index contributed by atoms with van der Waals surface area (Å²) >= 11 is 0. The van der Waals surface area contributed by atoms with Crippen LogP contribution >= 0.6 is 0 Å². The number of para-hydroxylation sites is 1. The predicted octanol–water partition coefficient (Wildman–Crippen LogP) is 4.29. The highest BCUT2D eigenvalue weighted by molar-refractivity contribution is 5.90. The Morgan fingerprint density at radius 3 is 2.36 bits per heavy atom. The third-order valence-corrected chi connectivity index (χ3v) is 4.19. The van der Waals surface area contributed by atoms with Crippen LogP contribution in [-0.2, 0) is 11.2 Å². The van der Waals surface area contributed by atoms with Gasteiger partial charge in [-0.1, -0.05) is 25.1 Å². The lowest BCUT2D eigenvalue weighted by Crippen LogP contribution is -2.07. The second-order valence-electron chi connectivity index (χ2n) is 6.04.